The van der Waals surface area contributed by atoms with Gasteiger partial charge in [0, 0.05) is 44.4 Å². The van der Waals surface area contributed by atoms with E-state index in [0.29, 0.717) is 44.1 Å². The van der Waals surface area contributed by atoms with Crippen molar-refractivity contribution in [3.05, 3.63) is 122 Å². The molecule has 4 aliphatic heterocycles. The van der Waals surface area contributed by atoms with Crippen LogP contribution >= 0.6 is 0 Å². The number of hydrogen-bond donors (Lipinski definition) is 30. The zero-order chi connectivity index (χ0) is 91.0. The molecule has 4 heterocycles. The van der Waals surface area contributed by atoms with Crippen molar-refractivity contribution in [1.29, 1.82) is 0 Å². The van der Waals surface area contributed by atoms with Crippen molar-refractivity contribution in [2.24, 2.45) is 5.92 Å². The number of hydrogen-bond acceptors (Lipinski definition) is 38. The number of unbranched alkanes of at least 4 members (excludes halogenated alkanes) is 3. The molecule has 39 atom stereocenters. The largest absolute Gasteiger partial charge is 1.00 e. The van der Waals surface area contributed by atoms with Crippen LogP contribution in [0.3, 0.4) is 0 Å². The van der Waals surface area contributed by atoms with Crippen molar-refractivity contribution < 1.29 is 219 Å². The zero-order valence-electron chi connectivity index (χ0n) is 69.2. The molecule has 122 heavy (non-hydrogen) atoms. The van der Waals surface area contributed by atoms with Crippen LogP contribution in [0.2, 0.25) is 0 Å². The molecule has 0 radical (unpaired) electrons. The Kier molecular flexibility index (Phi) is 52.4. The van der Waals surface area contributed by atoms with Crippen molar-refractivity contribution in [1.82, 2.24) is 0 Å². The molecule has 0 amide bonds. The van der Waals surface area contributed by atoms with Gasteiger partial charge in [-0.25, -0.2) is 8.42 Å². The fraction of sp³-hybridized carbons (Fsp3) is 0.756. The molecule has 0 aromatic heterocycles. The van der Waals surface area contributed by atoms with Crippen molar-refractivity contribution in [3.63, 3.8) is 0 Å². The Labute approximate surface area is 733 Å². The first-order chi connectivity index (χ1) is 56.7. The number of ether oxygens (including phenoxy) is 4. The minimum Gasteiger partial charge on any atom is -0.726 e. The smallest absolute Gasteiger partial charge is 0.726 e. The van der Waals surface area contributed by atoms with E-state index in [4.69, 9.17) is 18.9 Å². The summed E-state index contributed by atoms with van der Waals surface area (Å²) in [5, 5.41) is 323. The van der Waals surface area contributed by atoms with Crippen LogP contribution in [0.1, 0.15) is 142 Å². The van der Waals surface area contributed by atoms with Crippen LogP contribution in [0.15, 0.2) is 122 Å². The second kappa shape index (κ2) is 56.5. The Morgan fingerprint density at radius 3 is 1.53 bits per heavy atom. The normalized spacial score (nSPS) is 29.4. The van der Waals surface area contributed by atoms with E-state index in [2.05, 4.69) is 23.9 Å². The maximum absolute atomic E-state index is 11.2. The number of rotatable bonds is 61. The van der Waals surface area contributed by atoms with E-state index < -0.39 is 274 Å². The van der Waals surface area contributed by atoms with Crippen LogP contribution in [0, 0.1) is 5.92 Å². The van der Waals surface area contributed by atoms with Gasteiger partial charge in [0.2, 0.25) is 10.4 Å². The predicted octanol–water partition coefficient (Wildman–Crippen LogP) is -9.62. The monoisotopic (exact) mass is 1780 g/mol. The van der Waals surface area contributed by atoms with Gasteiger partial charge in [0.25, 0.3) is 0 Å². The van der Waals surface area contributed by atoms with Gasteiger partial charge in [-0.05, 0) is 102 Å². The molecule has 0 spiro atoms. The molecule has 28 unspecified atom stereocenters. The summed E-state index contributed by atoms with van der Waals surface area (Å²) in [5.74, 6) is -1.08. The summed E-state index contributed by atoms with van der Waals surface area (Å²) in [6.45, 7) is 13.7. The number of aliphatic hydroxyl groups excluding tert-OH is 30. The SMILES string of the molecule is C=CCCC(O)/C=C/C=C/C(O)CC/C=C/C(O)[C@H](O)[C@@H]1O[C@@H](C(O)C(O)C(=C)CC(O)/C=C/C(O)[C@H]2O[C@@H]2C(O)C(O)CC(O)C(O)[C@@H]2O[C@H]2C(O)C(O)CC(O)C(O)C(O)C(=C)CCC(O)[C@H]2C[C@@H](O)C(O)[C@H](C(O)C(O)/C=C(\C)CCC(O)CC(O)C(O)C(C)C(O)C(O)C/C=C/CC(O)/C=C/CCCCCOS(=O)(=O)[O-])O2)C[C@@H](O)C1O.[Na+]. The maximum Gasteiger partial charge on any atom is 1.00 e. The van der Waals surface area contributed by atoms with Gasteiger partial charge in [-0.3, -0.25) is 4.18 Å². The van der Waals surface area contributed by atoms with Gasteiger partial charge >= 0.3 is 29.6 Å². The molecule has 4 aliphatic rings. The van der Waals surface area contributed by atoms with Crippen molar-refractivity contribution in [2.45, 2.75) is 374 Å². The first-order valence-electron chi connectivity index (χ1n) is 41.0. The van der Waals surface area contributed by atoms with Crippen molar-refractivity contribution in [3.8, 4) is 0 Å². The third-order valence-electron chi connectivity index (χ3n) is 22.2. The molecular weight excluding hydrogens is 1650 g/mol. The summed E-state index contributed by atoms with van der Waals surface area (Å²) in [4.78, 5) is 0. The summed E-state index contributed by atoms with van der Waals surface area (Å²) in [6.07, 6.45) is -39.9. The molecule has 0 saturated carbocycles. The number of epoxide rings is 2. The van der Waals surface area contributed by atoms with Crippen LogP contribution in [-0.4, -0.2) is 405 Å². The average molecular weight is 1790 g/mol. The standard InChI is InChI=1S/C82H138O38S.Na/c1-6-7-19-45(83)21-12-13-22-47(85)24-15-17-26-52(90)69(105)78-72(108)61(99)40-63(118-78)76(112)65(101)43(4)35-48(86)30-32-53(91)77-80(119-77)73(109)58(96)38-59(97)75(111)82-81(120-82)74(110)57(95)37-56(94)68(104)64(100)42(3)28-31-50(88)62-39-60(98)71(107)79(117-62)70(106)54(92)34-41(2)27-29-49(87)36-55(93)67(103)44(5)66(102)51(89)25-16-14-23-46(84)20-11-9-8-10-18-33-116-121(113,114)115;/h6,11-14,16-17,20-22,26,30,32,34,44-112H,1,3-4,7-10,15,18-19,23-25,27-29,31,33,35-40H2,2,5H3,(H,113,114,115);/q;+1/p-1/b16-14+,20-11+,21-12+,22-13+,26-17+,32-30+,41-34+;/t44?,45?,46?,47?,48?,49?,50?,51?,52?,53?,54?,55?,56?,57?,58?,59?,60-,61-,62-,63-,64?,65?,66?,67?,68?,69+,70?,71?,72?,73?,74?,75?,76?,77-,78+,79+,80-,81+,82+;/m1./s1. The molecule has 700 valence electrons. The maximum atomic E-state index is 11.2. The van der Waals surface area contributed by atoms with Crippen LogP contribution < -0.4 is 29.6 Å². The molecule has 4 rings (SSSR count). The molecule has 30 N–H and O–H groups in total. The summed E-state index contributed by atoms with van der Waals surface area (Å²) in [5.41, 5.74) is 0.0587. The Bertz CT molecular complexity index is 3320. The number of aliphatic hydroxyl groups is 30. The Balaban J connectivity index is 0.0000384. The predicted molar refractivity (Wildman–Crippen MR) is 429 cm³/mol. The molecule has 38 nitrogen and oxygen atoms in total. The van der Waals surface area contributed by atoms with Gasteiger partial charge < -0.3 is 177 Å². The van der Waals surface area contributed by atoms with Gasteiger partial charge in [-0.15, -0.1) is 6.58 Å². The molecule has 0 bridgehead atoms. The van der Waals surface area contributed by atoms with Crippen LogP contribution in [0.5, 0.6) is 0 Å². The summed E-state index contributed by atoms with van der Waals surface area (Å²) in [6, 6.07) is 0. The third kappa shape index (κ3) is 38.9. The first-order valence-corrected chi connectivity index (χ1v) is 42.4. The van der Waals surface area contributed by atoms with Crippen LogP contribution in [0.25, 0.3) is 0 Å². The van der Waals surface area contributed by atoms with Gasteiger partial charge in [-0.1, -0.05) is 117 Å². The molecular formula is C82H137NaO38S. The first kappa shape index (κ1) is 113. The molecule has 0 aromatic rings. The number of allylic oxidation sites excluding steroid dienone is 6. The topological polar surface area (TPSA) is 717 Å². The van der Waals surface area contributed by atoms with Gasteiger partial charge in [0.15, 0.2) is 0 Å². The zero-order valence-corrected chi connectivity index (χ0v) is 72.0. The Morgan fingerprint density at radius 1 is 0.459 bits per heavy atom. The Morgan fingerprint density at radius 2 is 0.959 bits per heavy atom. The van der Waals surface area contributed by atoms with E-state index >= 15 is 0 Å². The molecule has 0 aliphatic carbocycles. The molecule has 40 heteroatoms. The summed E-state index contributed by atoms with van der Waals surface area (Å²) >= 11 is 0. The third-order valence-corrected chi connectivity index (χ3v) is 22.6. The van der Waals surface area contributed by atoms with Crippen LogP contribution in [0.4, 0.5) is 0 Å². The fourth-order valence-corrected chi connectivity index (χ4v) is 14.5. The van der Waals surface area contributed by atoms with E-state index in [0.717, 1.165) is 12.2 Å². The molecule has 0 aromatic carbocycles. The minimum atomic E-state index is -4.73. The summed E-state index contributed by atoms with van der Waals surface area (Å²) in [7, 11) is -4.73. The van der Waals surface area contributed by atoms with E-state index in [1.54, 1.807) is 42.5 Å². The van der Waals surface area contributed by atoms with Crippen molar-refractivity contribution >= 4 is 10.4 Å². The van der Waals surface area contributed by atoms with Crippen LogP contribution in [-0.2, 0) is 33.5 Å². The molecule has 4 fully saturated rings. The van der Waals surface area contributed by atoms with Gasteiger partial charge in [0.05, 0.1) is 116 Å². The van der Waals surface area contributed by atoms with Gasteiger partial charge in [-0.2, -0.15) is 0 Å². The van der Waals surface area contributed by atoms with E-state index in [1.807, 2.05) is 0 Å². The van der Waals surface area contributed by atoms with E-state index in [9.17, 15) is 166 Å². The average Bonchev–Trinajstić information content (AvgIpc) is 1.35. The summed E-state index contributed by atoms with van der Waals surface area (Å²) < 4.78 is 57.7. The second-order valence-corrected chi connectivity index (χ2v) is 33.4. The minimum absolute atomic E-state index is 0. The Hall–Kier alpha value is -3.09. The van der Waals surface area contributed by atoms with E-state index in [-0.39, 0.29) is 112 Å². The quantitative estimate of drug-likeness (QED) is 0.00511. The molecule has 4 saturated heterocycles. The van der Waals surface area contributed by atoms with Gasteiger partial charge in [0.1, 0.15) is 122 Å². The van der Waals surface area contributed by atoms with E-state index in [1.165, 1.54) is 44.2 Å². The second-order valence-electron chi connectivity index (χ2n) is 32.3. The fourth-order valence-electron chi connectivity index (χ4n) is 14.2. The van der Waals surface area contributed by atoms with Crippen molar-refractivity contribution in [2.75, 3.05) is 6.61 Å².